The normalized spacial score (nSPS) is 17.0. The molecule has 2 N–H and O–H groups in total. The van der Waals surface area contributed by atoms with E-state index in [1.54, 1.807) is 5.32 Å². The average Bonchev–Trinajstić information content (AvgIpc) is 3.14. The maximum absolute atomic E-state index is 14.7. The number of amides is 2. The lowest BCUT2D eigenvalue weighted by Gasteiger charge is -2.21. The predicted octanol–water partition coefficient (Wildman–Crippen LogP) is 2.83. The molecule has 8 nitrogen and oxygen atoms in total. The number of carbonyl (C=O) groups is 2. The zero-order chi connectivity index (χ0) is 26.4. The SMILES string of the molecule is CCC(NC(=O)c1cn(-c2ccc(F)cc2F)c2nc(N3C[C@H](O)CC3=O)ccc2c1=O)C(F)(F)F. The van der Waals surface area contributed by atoms with Crippen LogP contribution in [0.5, 0.6) is 0 Å². The first kappa shape index (κ1) is 25.2. The van der Waals surface area contributed by atoms with Crippen LogP contribution in [0.25, 0.3) is 16.7 Å². The molecule has 190 valence electrons. The van der Waals surface area contributed by atoms with Crippen molar-refractivity contribution in [2.75, 3.05) is 11.4 Å². The number of nitrogens with one attached hydrogen (secondary N) is 1. The minimum Gasteiger partial charge on any atom is -0.391 e. The van der Waals surface area contributed by atoms with Gasteiger partial charge in [0.15, 0.2) is 5.65 Å². The van der Waals surface area contributed by atoms with Gasteiger partial charge in [0.25, 0.3) is 5.91 Å². The molecule has 1 fully saturated rings. The van der Waals surface area contributed by atoms with E-state index in [-0.39, 0.29) is 35.5 Å². The minimum absolute atomic E-state index is 0.0139. The van der Waals surface area contributed by atoms with Gasteiger partial charge < -0.3 is 10.4 Å². The third-order valence-electron chi connectivity index (χ3n) is 5.74. The molecular formula is C23H19F5N4O4. The van der Waals surface area contributed by atoms with Crippen LogP contribution in [0.3, 0.4) is 0 Å². The van der Waals surface area contributed by atoms with Crippen molar-refractivity contribution < 1.29 is 36.6 Å². The van der Waals surface area contributed by atoms with E-state index in [4.69, 9.17) is 0 Å². The number of fused-ring (bicyclic) bond motifs is 1. The molecule has 0 spiro atoms. The summed E-state index contributed by atoms with van der Waals surface area (Å²) >= 11 is 0. The summed E-state index contributed by atoms with van der Waals surface area (Å²) in [5.74, 6) is -3.80. The van der Waals surface area contributed by atoms with Crippen LogP contribution >= 0.6 is 0 Å². The highest BCUT2D eigenvalue weighted by Crippen LogP contribution is 2.26. The molecule has 1 aliphatic heterocycles. The third kappa shape index (κ3) is 4.65. The summed E-state index contributed by atoms with van der Waals surface area (Å²) in [7, 11) is 0. The molecule has 1 unspecified atom stereocenters. The zero-order valence-corrected chi connectivity index (χ0v) is 18.6. The van der Waals surface area contributed by atoms with Gasteiger partial charge in [0, 0.05) is 12.3 Å². The molecule has 0 bridgehead atoms. The fourth-order valence-electron chi connectivity index (χ4n) is 3.93. The number of carbonyl (C=O) groups excluding carboxylic acids is 2. The topological polar surface area (TPSA) is 105 Å². The Balaban J connectivity index is 1.92. The van der Waals surface area contributed by atoms with Gasteiger partial charge in [-0.2, -0.15) is 13.2 Å². The molecule has 4 rings (SSSR count). The Morgan fingerprint density at radius 1 is 1.22 bits per heavy atom. The Bertz CT molecular complexity index is 1420. The van der Waals surface area contributed by atoms with Crippen molar-refractivity contribution in [3.05, 3.63) is 63.9 Å². The largest absolute Gasteiger partial charge is 0.408 e. The molecule has 3 aromatic rings. The van der Waals surface area contributed by atoms with Gasteiger partial charge in [-0.05, 0) is 30.7 Å². The lowest BCUT2D eigenvalue weighted by Crippen LogP contribution is -2.46. The number of rotatable bonds is 5. The minimum atomic E-state index is -4.77. The van der Waals surface area contributed by atoms with Gasteiger partial charge in [0.1, 0.15) is 29.1 Å². The van der Waals surface area contributed by atoms with Crippen LogP contribution < -0.4 is 15.6 Å². The predicted molar refractivity (Wildman–Crippen MR) is 118 cm³/mol. The summed E-state index contributed by atoms with van der Waals surface area (Å²) in [6, 6.07) is 2.66. The molecule has 1 saturated heterocycles. The van der Waals surface area contributed by atoms with E-state index in [1.165, 1.54) is 19.1 Å². The van der Waals surface area contributed by atoms with Crippen LogP contribution in [0.15, 0.2) is 41.3 Å². The molecule has 2 atom stereocenters. The maximum Gasteiger partial charge on any atom is 0.408 e. The van der Waals surface area contributed by atoms with E-state index in [0.29, 0.717) is 6.07 Å². The number of aliphatic hydroxyl groups is 1. The van der Waals surface area contributed by atoms with Gasteiger partial charge in [-0.25, -0.2) is 13.8 Å². The second-order valence-electron chi connectivity index (χ2n) is 8.22. The van der Waals surface area contributed by atoms with Crippen molar-refractivity contribution in [2.24, 2.45) is 0 Å². The Morgan fingerprint density at radius 2 is 1.94 bits per heavy atom. The Labute approximate surface area is 200 Å². The summed E-state index contributed by atoms with van der Waals surface area (Å²) in [5.41, 5.74) is -2.30. The van der Waals surface area contributed by atoms with Crippen molar-refractivity contribution >= 4 is 28.7 Å². The van der Waals surface area contributed by atoms with Crippen LogP contribution in [0.1, 0.15) is 30.1 Å². The summed E-state index contributed by atoms with van der Waals surface area (Å²) in [5, 5.41) is 11.3. The molecule has 3 heterocycles. The van der Waals surface area contributed by atoms with E-state index < -0.39 is 59.2 Å². The molecule has 36 heavy (non-hydrogen) atoms. The molecule has 1 aromatic carbocycles. The van der Waals surface area contributed by atoms with Crippen molar-refractivity contribution in [1.82, 2.24) is 14.9 Å². The number of alkyl halides is 3. The molecule has 0 aliphatic carbocycles. The van der Waals surface area contributed by atoms with Gasteiger partial charge in [0.2, 0.25) is 11.3 Å². The monoisotopic (exact) mass is 510 g/mol. The zero-order valence-electron chi connectivity index (χ0n) is 18.6. The van der Waals surface area contributed by atoms with Crippen molar-refractivity contribution in [2.45, 2.75) is 38.1 Å². The third-order valence-corrected chi connectivity index (χ3v) is 5.74. The first-order chi connectivity index (χ1) is 16.9. The summed E-state index contributed by atoms with van der Waals surface area (Å²) in [6.07, 6.45) is -5.55. The van der Waals surface area contributed by atoms with E-state index in [0.717, 1.165) is 27.8 Å². The van der Waals surface area contributed by atoms with Gasteiger partial charge >= 0.3 is 6.18 Å². The first-order valence-electron chi connectivity index (χ1n) is 10.8. The number of anilines is 1. The van der Waals surface area contributed by atoms with E-state index in [9.17, 15) is 41.4 Å². The van der Waals surface area contributed by atoms with Gasteiger partial charge in [-0.1, -0.05) is 6.92 Å². The summed E-state index contributed by atoms with van der Waals surface area (Å²) in [6.45, 7) is 1.12. The standard InChI is InChI=1S/C23H19F5N4O4/c1-2-17(23(26,27)28)29-22(36)14-10-31(16-5-3-11(24)7-15(16)25)21-13(20(14)35)4-6-18(30-21)32-9-12(33)8-19(32)34/h3-7,10,12,17,33H,2,8-9H2,1H3,(H,29,36)/t12-,17?/m1/s1. The number of pyridine rings is 2. The second kappa shape index (κ2) is 9.30. The highest BCUT2D eigenvalue weighted by atomic mass is 19.4. The molecule has 1 aliphatic rings. The number of hydrogen-bond donors (Lipinski definition) is 2. The molecule has 13 heteroatoms. The van der Waals surface area contributed by atoms with Crippen LogP contribution in [-0.2, 0) is 4.79 Å². The average molecular weight is 510 g/mol. The number of nitrogens with zero attached hydrogens (tertiary/aromatic N) is 3. The van der Waals surface area contributed by atoms with Crippen LogP contribution in [0.4, 0.5) is 27.8 Å². The van der Waals surface area contributed by atoms with Gasteiger partial charge in [0.05, 0.1) is 30.1 Å². The highest BCUT2D eigenvalue weighted by molar-refractivity contribution is 5.99. The van der Waals surface area contributed by atoms with E-state index >= 15 is 0 Å². The molecule has 0 saturated carbocycles. The number of benzene rings is 1. The molecule has 0 radical (unpaired) electrons. The number of halogens is 5. The van der Waals surface area contributed by atoms with E-state index in [2.05, 4.69) is 4.98 Å². The number of β-amino-alcohol motifs (C(OH)–C–C–N with tert-alkyl or cyclic N) is 1. The van der Waals surface area contributed by atoms with E-state index in [1.807, 2.05) is 0 Å². The molecule has 2 amide bonds. The Hall–Kier alpha value is -3.87. The number of aliphatic hydroxyl groups excluding tert-OH is 1. The van der Waals surface area contributed by atoms with Crippen molar-refractivity contribution in [1.29, 1.82) is 0 Å². The van der Waals surface area contributed by atoms with Crippen molar-refractivity contribution in [3.8, 4) is 5.69 Å². The fraction of sp³-hybridized carbons (Fsp3) is 0.304. The molecular weight excluding hydrogens is 491 g/mol. The lowest BCUT2D eigenvalue weighted by molar-refractivity contribution is -0.153. The molecule has 2 aromatic heterocycles. The summed E-state index contributed by atoms with van der Waals surface area (Å²) in [4.78, 5) is 43.4. The van der Waals surface area contributed by atoms with Crippen LogP contribution in [-0.4, -0.2) is 51.3 Å². The first-order valence-corrected chi connectivity index (χ1v) is 10.8. The fourth-order valence-corrected chi connectivity index (χ4v) is 3.93. The summed E-state index contributed by atoms with van der Waals surface area (Å²) < 4.78 is 68.8. The number of hydrogen-bond acceptors (Lipinski definition) is 5. The maximum atomic E-state index is 14.7. The number of aromatic nitrogens is 2. The van der Waals surface area contributed by atoms with Crippen LogP contribution in [0.2, 0.25) is 0 Å². The lowest BCUT2D eigenvalue weighted by atomic mass is 10.1. The van der Waals surface area contributed by atoms with Crippen LogP contribution in [0, 0.1) is 11.6 Å². The van der Waals surface area contributed by atoms with Crippen molar-refractivity contribution in [3.63, 3.8) is 0 Å². The Morgan fingerprint density at radius 3 is 2.53 bits per heavy atom. The van der Waals surface area contributed by atoms with Gasteiger partial charge in [-0.15, -0.1) is 0 Å². The highest BCUT2D eigenvalue weighted by Gasteiger charge is 2.40. The van der Waals surface area contributed by atoms with Gasteiger partial charge in [-0.3, -0.25) is 23.9 Å². The smallest absolute Gasteiger partial charge is 0.391 e. The second-order valence-corrected chi connectivity index (χ2v) is 8.22. The Kier molecular flexibility index (Phi) is 6.52. The quantitative estimate of drug-likeness (QED) is 0.514.